The molecule has 3 aromatic heterocycles. The Morgan fingerprint density at radius 1 is 1.27 bits per heavy atom. The van der Waals surface area contributed by atoms with Crippen molar-refractivity contribution < 1.29 is 4.79 Å². The molecular weight excluding hydrogens is 414 g/mol. The van der Waals surface area contributed by atoms with E-state index in [1.807, 2.05) is 30.5 Å². The Kier molecular flexibility index (Phi) is 4.79. The summed E-state index contributed by atoms with van der Waals surface area (Å²) in [6, 6.07) is 1.99. The number of carbonyl (C=O) groups excluding carboxylic acids is 1. The number of nitrogens with one attached hydrogen (secondary N) is 1. The molecular formula is C18H20BrN5OS. The van der Waals surface area contributed by atoms with Gasteiger partial charge in [0.15, 0.2) is 5.65 Å². The summed E-state index contributed by atoms with van der Waals surface area (Å²) in [5.41, 5.74) is 2.99. The van der Waals surface area contributed by atoms with Gasteiger partial charge in [-0.05, 0) is 54.2 Å². The van der Waals surface area contributed by atoms with Crippen LogP contribution in [-0.4, -0.2) is 25.5 Å². The first-order chi connectivity index (χ1) is 12.5. The second kappa shape index (κ2) is 7.08. The van der Waals surface area contributed by atoms with E-state index in [-0.39, 0.29) is 5.91 Å². The molecule has 0 aromatic carbocycles. The molecule has 0 atom stereocenters. The lowest BCUT2D eigenvalue weighted by Crippen LogP contribution is -2.15. The van der Waals surface area contributed by atoms with Gasteiger partial charge in [-0.2, -0.15) is 0 Å². The summed E-state index contributed by atoms with van der Waals surface area (Å²) in [7, 11) is 0. The van der Waals surface area contributed by atoms with Crippen molar-refractivity contribution in [3.8, 4) is 0 Å². The molecule has 26 heavy (non-hydrogen) atoms. The molecule has 3 heterocycles. The SMILES string of the molecule is Cc1cc(Br)c2nc(C)c(C(=O)Nc3nnc(C4CCCCC4)s3)n2c1. The van der Waals surface area contributed by atoms with Crippen molar-refractivity contribution in [2.24, 2.45) is 0 Å². The molecule has 1 N–H and O–H groups in total. The van der Waals surface area contributed by atoms with Gasteiger partial charge in [0.25, 0.3) is 5.91 Å². The van der Waals surface area contributed by atoms with E-state index >= 15 is 0 Å². The van der Waals surface area contributed by atoms with E-state index in [1.54, 1.807) is 0 Å². The van der Waals surface area contributed by atoms with Crippen LogP contribution in [0.1, 0.15) is 64.8 Å². The summed E-state index contributed by atoms with van der Waals surface area (Å²) in [6.45, 7) is 3.83. The average Bonchev–Trinajstić information content (AvgIpc) is 3.20. The topological polar surface area (TPSA) is 72.2 Å². The summed E-state index contributed by atoms with van der Waals surface area (Å²) in [6.07, 6.45) is 8.07. The number of halogens is 1. The summed E-state index contributed by atoms with van der Waals surface area (Å²) in [5.74, 6) is 0.280. The van der Waals surface area contributed by atoms with Crippen LogP contribution in [0.4, 0.5) is 5.13 Å². The lowest BCUT2D eigenvalue weighted by molar-refractivity contribution is 0.102. The Labute approximate surface area is 164 Å². The molecule has 0 spiro atoms. The summed E-state index contributed by atoms with van der Waals surface area (Å²) in [5, 5.41) is 13.0. The van der Waals surface area contributed by atoms with Crippen LogP contribution >= 0.6 is 27.3 Å². The minimum Gasteiger partial charge on any atom is -0.295 e. The number of amides is 1. The number of fused-ring (bicyclic) bond motifs is 1. The van der Waals surface area contributed by atoms with E-state index in [2.05, 4.69) is 36.4 Å². The quantitative estimate of drug-likeness (QED) is 0.639. The van der Waals surface area contributed by atoms with Gasteiger partial charge in [0.2, 0.25) is 5.13 Å². The second-order valence-corrected chi connectivity index (χ2v) is 8.70. The van der Waals surface area contributed by atoms with E-state index in [4.69, 9.17) is 0 Å². The normalized spacial score (nSPS) is 15.5. The summed E-state index contributed by atoms with van der Waals surface area (Å²) >= 11 is 5.01. The fourth-order valence-electron chi connectivity index (χ4n) is 3.58. The first-order valence-electron chi connectivity index (χ1n) is 8.82. The monoisotopic (exact) mass is 433 g/mol. The molecule has 0 aliphatic heterocycles. The fraction of sp³-hybridized carbons (Fsp3) is 0.444. The van der Waals surface area contributed by atoms with Crippen molar-refractivity contribution in [2.45, 2.75) is 51.9 Å². The van der Waals surface area contributed by atoms with Gasteiger partial charge in [-0.15, -0.1) is 10.2 Å². The van der Waals surface area contributed by atoms with Gasteiger partial charge in [-0.25, -0.2) is 4.98 Å². The zero-order valence-electron chi connectivity index (χ0n) is 14.8. The highest BCUT2D eigenvalue weighted by Crippen LogP contribution is 2.35. The molecule has 0 bridgehead atoms. The van der Waals surface area contributed by atoms with Gasteiger partial charge < -0.3 is 0 Å². The Balaban J connectivity index is 1.60. The van der Waals surface area contributed by atoms with Gasteiger partial charge in [0.05, 0.1) is 10.2 Å². The van der Waals surface area contributed by atoms with Crippen LogP contribution in [0.25, 0.3) is 5.65 Å². The minimum atomic E-state index is -0.209. The Morgan fingerprint density at radius 3 is 2.81 bits per heavy atom. The van der Waals surface area contributed by atoms with E-state index in [9.17, 15) is 4.79 Å². The van der Waals surface area contributed by atoms with Gasteiger partial charge in [-0.3, -0.25) is 14.5 Å². The van der Waals surface area contributed by atoms with Crippen LogP contribution < -0.4 is 5.32 Å². The van der Waals surface area contributed by atoms with Gasteiger partial charge in [0, 0.05) is 12.1 Å². The molecule has 8 heteroatoms. The number of carbonyl (C=O) groups is 1. The number of anilines is 1. The molecule has 0 saturated heterocycles. The Hall–Kier alpha value is -1.80. The van der Waals surface area contributed by atoms with Crippen molar-refractivity contribution in [1.82, 2.24) is 19.6 Å². The number of imidazole rings is 1. The molecule has 1 saturated carbocycles. The predicted octanol–water partition coefficient (Wildman–Crippen LogP) is 4.87. The van der Waals surface area contributed by atoms with Crippen molar-refractivity contribution >= 4 is 44.0 Å². The molecule has 6 nitrogen and oxygen atoms in total. The van der Waals surface area contributed by atoms with Crippen LogP contribution in [0.15, 0.2) is 16.7 Å². The van der Waals surface area contributed by atoms with Crippen molar-refractivity contribution in [1.29, 1.82) is 0 Å². The highest BCUT2D eigenvalue weighted by atomic mass is 79.9. The zero-order valence-corrected chi connectivity index (χ0v) is 17.2. The van der Waals surface area contributed by atoms with Crippen LogP contribution in [0, 0.1) is 13.8 Å². The molecule has 1 amide bonds. The van der Waals surface area contributed by atoms with Crippen molar-refractivity contribution in [2.75, 3.05) is 5.32 Å². The highest BCUT2D eigenvalue weighted by molar-refractivity contribution is 9.10. The predicted molar refractivity (Wildman–Crippen MR) is 106 cm³/mol. The number of pyridine rings is 1. The average molecular weight is 434 g/mol. The first-order valence-corrected chi connectivity index (χ1v) is 10.4. The van der Waals surface area contributed by atoms with Crippen LogP contribution in [-0.2, 0) is 0 Å². The lowest BCUT2D eigenvalue weighted by Gasteiger charge is -2.18. The molecule has 3 aromatic rings. The van der Waals surface area contributed by atoms with Crippen molar-refractivity contribution in [3.63, 3.8) is 0 Å². The number of aromatic nitrogens is 4. The third-order valence-corrected chi connectivity index (χ3v) is 6.40. The van der Waals surface area contributed by atoms with Crippen LogP contribution in [0.2, 0.25) is 0 Å². The third kappa shape index (κ3) is 3.27. The smallest absolute Gasteiger partial charge is 0.276 e. The lowest BCUT2D eigenvalue weighted by atomic mass is 9.90. The summed E-state index contributed by atoms with van der Waals surface area (Å²) in [4.78, 5) is 17.4. The standard InChI is InChI=1S/C18H20BrN5OS/c1-10-8-13(19)15-20-11(2)14(24(15)9-10)16(25)21-18-23-22-17(26-18)12-6-4-3-5-7-12/h8-9,12H,3-7H2,1-2H3,(H,21,23,25). The van der Waals surface area contributed by atoms with E-state index in [0.717, 1.165) is 20.7 Å². The largest absolute Gasteiger partial charge is 0.295 e. The minimum absolute atomic E-state index is 0.209. The van der Waals surface area contributed by atoms with Gasteiger partial charge >= 0.3 is 0 Å². The molecule has 1 aliphatic carbocycles. The van der Waals surface area contributed by atoms with Crippen molar-refractivity contribution in [3.05, 3.63) is 38.7 Å². The molecule has 1 fully saturated rings. The second-order valence-electron chi connectivity index (χ2n) is 6.84. The van der Waals surface area contributed by atoms with Gasteiger partial charge in [0.1, 0.15) is 10.7 Å². The molecule has 1 aliphatic rings. The number of hydrogen-bond donors (Lipinski definition) is 1. The maximum absolute atomic E-state index is 12.9. The number of nitrogens with zero attached hydrogens (tertiary/aromatic N) is 4. The molecule has 136 valence electrons. The fourth-order valence-corrected chi connectivity index (χ4v) is 5.12. The number of aryl methyl sites for hydroxylation is 2. The van der Waals surface area contributed by atoms with Crippen LogP contribution in [0.3, 0.4) is 0 Å². The van der Waals surface area contributed by atoms with E-state index in [1.165, 1.54) is 43.4 Å². The maximum atomic E-state index is 12.9. The molecule has 4 rings (SSSR count). The number of hydrogen-bond acceptors (Lipinski definition) is 5. The van der Waals surface area contributed by atoms with E-state index in [0.29, 0.717) is 22.4 Å². The molecule has 0 unspecified atom stereocenters. The summed E-state index contributed by atoms with van der Waals surface area (Å²) < 4.78 is 2.70. The zero-order chi connectivity index (χ0) is 18.3. The van der Waals surface area contributed by atoms with Gasteiger partial charge in [-0.1, -0.05) is 30.6 Å². The number of rotatable bonds is 3. The highest BCUT2D eigenvalue weighted by Gasteiger charge is 2.22. The third-order valence-electron chi connectivity index (χ3n) is 4.82. The Morgan fingerprint density at radius 2 is 2.04 bits per heavy atom. The molecule has 0 radical (unpaired) electrons. The van der Waals surface area contributed by atoms with Crippen LogP contribution in [0.5, 0.6) is 0 Å². The Bertz CT molecular complexity index is 974. The maximum Gasteiger partial charge on any atom is 0.276 e. The first kappa shape index (κ1) is 17.6. The van der Waals surface area contributed by atoms with E-state index < -0.39 is 0 Å².